The number of hydrogen-bond donors (Lipinski definition) is 20. The Balaban J connectivity index is 2.22. The molecule has 2 heterocycles. The van der Waals surface area contributed by atoms with Crippen molar-refractivity contribution in [3.05, 3.63) is 35.9 Å². The molecule has 0 spiro atoms. The van der Waals surface area contributed by atoms with Crippen LogP contribution in [0.4, 0.5) is 0 Å². The number of aliphatic imine (C=N–C) groups is 3. The number of carbonyl (C=O) groups is 14. The van der Waals surface area contributed by atoms with E-state index >= 15 is 4.79 Å². The summed E-state index contributed by atoms with van der Waals surface area (Å²) < 4.78 is 0. The quantitative estimate of drug-likeness (QED) is 0.0260. The molecule has 13 amide bonds. The minimum Gasteiger partial charge on any atom is -0.481 e. The van der Waals surface area contributed by atoms with Gasteiger partial charge in [0, 0.05) is 38.4 Å². The number of rotatable bonds is 24. The number of fused-ring (bicyclic) bond motifs is 1. The van der Waals surface area contributed by atoms with Crippen LogP contribution in [0.2, 0.25) is 0 Å². The summed E-state index contributed by atoms with van der Waals surface area (Å²) in [5.74, 6) is -15.7. The highest BCUT2D eigenvalue weighted by Crippen LogP contribution is 2.22. The molecule has 0 aromatic heterocycles. The van der Waals surface area contributed by atoms with Crippen molar-refractivity contribution in [2.45, 2.75) is 178 Å². The third kappa shape index (κ3) is 32.6. The fraction of sp³-hybridized carbons (Fsp3) is 0.629. The molecule has 0 aliphatic carbocycles. The Morgan fingerprint density at radius 3 is 1.54 bits per heavy atom. The summed E-state index contributed by atoms with van der Waals surface area (Å²) in [4.78, 5) is 208. The monoisotopic (exact) mass is 1440 g/mol. The summed E-state index contributed by atoms with van der Waals surface area (Å²) in [5, 5.41) is 38.0. The number of carboxylic acids is 1. The Kier molecular flexibility index (Phi) is 37.8. The molecule has 2 saturated heterocycles. The average molecular weight is 1440 g/mol. The minimum atomic E-state index is -1.91. The number of amides is 13. The maximum Gasteiger partial charge on any atom is 0.305 e. The van der Waals surface area contributed by atoms with Crippen LogP contribution in [0, 0.1) is 11.8 Å². The van der Waals surface area contributed by atoms with Gasteiger partial charge in [-0.3, -0.25) is 82.1 Å². The summed E-state index contributed by atoms with van der Waals surface area (Å²) in [5.41, 5.74) is 45.3. The number of carbonyl (C=O) groups excluding carboxylic acids is 13. The van der Waals surface area contributed by atoms with E-state index in [4.69, 9.17) is 45.9 Å². The van der Waals surface area contributed by atoms with Crippen molar-refractivity contribution in [2.75, 3.05) is 57.3 Å². The van der Waals surface area contributed by atoms with Crippen molar-refractivity contribution in [2.24, 2.45) is 72.7 Å². The summed E-state index contributed by atoms with van der Waals surface area (Å²) in [7, 11) is 0. The Hall–Kier alpha value is -10.1. The fourth-order valence-corrected chi connectivity index (χ4v) is 11.5. The molecule has 0 unspecified atom stereocenters. The number of primary amides is 1. The first-order chi connectivity index (χ1) is 47.8. The molecule has 0 saturated carbocycles. The molecule has 3 rings (SSSR count). The molecule has 39 heteroatoms. The molecule has 1 aromatic carbocycles. The van der Waals surface area contributed by atoms with Gasteiger partial charge in [0.25, 0.3) is 0 Å². The summed E-state index contributed by atoms with van der Waals surface area (Å²) in [6.45, 7) is 5.31. The van der Waals surface area contributed by atoms with Gasteiger partial charge in [-0.25, -0.2) is 0 Å². The third-order valence-corrected chi connectivity index (χ3v) is 16.8. The van der Waals surface area contributed by atoms with Crippen molar-refractivity contribution < 1.29 is 72.2 Å². The van der Waals surface area contributed by atoms with Crippen LogP contribution in [-0.4, -0.2) is 228 Å². The molecular formula is C62H103N23O15S. The van der Waals surface area contributed by atoms with E-state index in [0.717, 1.165) is 11.8 Å². The molecule has 10 atom stereocenters. The van der Waals surface area contributed by atoms with Gasteiger partial charge < -0.3 is 114 Å². The van der Waals surface area contributed by atoms with Gasteiger partial charge in [0.15, 0.2) is 17.9 Å². The Morgan fingerprint density at radius 1 is 0.535 bits per heavy atom. The van der Waals surface area contributed by atoms with E-state index in [0.29, 0.717) is 12.0 Å². The largest absolute Gasteiger partial charge is 0.481 e. The SMILES string of the molecule is CC(C)C[C@@H]1NC(=O)[C@H](C(C)C)NC(=O)CSC[C@@H](C(N)=O)NC(=O)CNC(=O)CNC(=O)[C@H](CCCN=C(N)N)NC(=O)[C@H](CC(=O)O)NC(=O)[C@H](CCCCN)NC(=O)[C@@H]2CCCN2C(=O)[C@H](CCCN=C(N)N)NC(=O)[C@H](Cc2ccccc2)NC(=O)[C@H](CCCN=C(N)N)NC1=O. The smallest absolute Gasteiger partial charge is 0.305 e. The number of unbranched alkanes of at least 4 members (excludes halogenated alkanes) is 1. The lowest BCUT2D eigenvalue weighted by atomic mass is 9.99. The zero-order valence-electron chi connectivity index (χ0n) is 57.6. The lowest BCUT2D eigenvalue weighted by Crippen LogP contribution is -2.61. The van der Waals surface area contributed by atoms with Crippen LogP contribution in [0.25, 0.3) is 0 Å². The summed E-state index contributed by atoms with van der Waals surface area (Å²) in [6.07, 6.45) is -0.736. The number of benzene rings is 1. The number of carboxylic acid groups (broad SMARTS) is 1. The second kappa shape index (κ2) is 44.8. The number of guanidine groups is 3. The van der Waals surface area contributed by atoms with E-state index in [9.17, 15) is 67.4 Å². The Labute approximate surface area is 589 Å². The zero-order chi connectivity index (χ0) is 75.3. The number of nitrogens with one attached hydrogen (secondary N) is 11. The van der Waals surface area contributed by atoms with Crippen LogP contribution in [0.1, 0.15) is 117 Å². The predicted molar refractivity (Wildman–Crippen MR) is 374 cm³/mol. The van der Waals surface area contributed by atoms with Gasteiger partial charge in [-0.1, -0.05) is 58.0 Å². The highest BCUT2D eigenvalue weighted by molar-refractivity contribution is 8.00. The van der Waals surface area contributed by atoms with Gasteiger partial charge in [0.1, 0.15) is 60.4 Å². The maximum atomic E-state index is 15.0. The van der Waals surface area contributed by atoms with Gasteiger partial charge in [0.2, 0.25) is 76.8 Å². The number of aliphatic carboxylic acids is 1. The summed E-state index contributed by atoms with van der Waals surface area (Å²) in [6, 6.07) is -6.09. The van der Waals surface area contributed by atoms with Crippen molar-refractivity contribution in [1.82, 2.24) is 63.4 Å². The standard InChI is InChI=1S/C62H103N23O15S/c1-33(2)26-40-54(95)78-38(18-11-23-72-61(67)68)53(94)81-41(27-35-14-6-5-7-15-35)55(96)80-39(19-12-24-73-62(69)70)59(100)85-25-13-20-44(85)57(98)79-37(16-8-9-21-63)52(93)82-42(28-48(89)90)56(97)77-36(17-10-22-71-60(65)66)51(92)75-29-45(86)74-30-46(87)76-43(50(64)91)31-101-32-47(88)84-49(34(3)4)58(99)83-40/h5-7,14-15,33-34,36-44,49H,8-13,16-32,63H2,1-4H3,(H2,64,91)(H,74,86)(H,75,92)(H,76,87)(H,77,97)(H,78,95)(H,79,98)(H,80,96)(H,81,94)(H,82,93)(H,83,99)(H,84,88)(H,89,90)(H4,65,66,71)(H4,67,68,72)(H4,69,70,73)/t36-,37-,38-,39-,40-,41-,42-,43-,44-,49-/m0/s1. The normalized spacial score (nSPS) is 23.7. The Morgan fingerprint density at radius 2 is 1.01 bits per heavy atom. The van der Waals surface area contributed by atoms with Crippen molar-refractivity contribution in [3.8, 4) is 0 Å². The van der Waals surface area contributed by atoms with Crippen molar-refractivity contribution in [1.29, 1.82) is 0 Å². The maximum absolute atomic E-state index is 15.0. The predicted octanol–water partition coefficient (Wildman–Crippen LogP) is -7.49. The third-order valence-electron chi connectivity index (χ3n) is 15.7. The van der Waals surface area contributed by atoms with E-state index in [1.54, 1.807) is 58.0 Å². The van der Waals surface area contributed by atoms with Crippen LogP contribution in [0.15, 0.2) is 45.3 Å². The van der Waals surface area contributed by atoms with Gasteiger partial charge in [-0.15, -0.1) is 11.8 Å². The topological polar surface area (TPSA) is 640 Å². The molecule has 562 valence electrons. The molecule has 1 aromatic rings. The molecule has 0 bridgehead atoms. The van der Waals surface area contributed by atoms with Gasteiger partial charge in [-0.2, -0.15) is 0 Å². The van der Waals surface area contributed by atoms with E-state index in [2.05, 4.69) is 73.5 Å². The fourth-order valence-electron chi connectivity index (χ4n) is 10.6. The van der Waals surface area contributed by atoms with Gasteiger partial charge in [0.05, 0.1) is 25.3 Å². The number of hydrogen-bond acceptors (Lipinski definition) is 19. The number of nitrogens with zero attached hydrogens (tertiary/aromatic N) is 4. The lowest BCUT2D eigenvalue weighted by molar-refractivity contribution is -0.143. The molecule has 2 aliphatic heterocycles. The minimum absolute atomic E-state index is 0.00548. The average Bonchev–Trinajstić information content (AvgIpc) is 1.77. The lowest BCUT2D eigenvalue weighted by Gasteiger charge is -2.31. The van der Waals surface area contributed by atoms with Crippen LogP contribution >= 0.6 is 11.8 Å². The second-order valence-corrected chi connectivity index (χ2v) is 26.0. The first-order valence-electron chi connectivity index (χ1n) is 33.4. The number of thioether (sulfide) groups is 1. The number of nitrogens with two attached hydrogens (primary N) is 8. The highest BCUT2D eigenvalue weighted by atomic mass is 32.2. The highest BCUT2D eigenvalue weighted by Gasteiger charge is 2.41. The molecule has 28 N–H and O–H groups in total. The van der Waals surface area contributed by atoms with E-state index < -0.39 is 169 Å². The van der Waals surface area contributed by atoms with Crippen LogP contribution < -0.4 is 104 Å². The molecule has 2 aliphatic rings. The van der Waals surface area contributed by atoms with Crippen molar-refractivity contribution in [3.63, 3.8) is 0 Å². The zero-order valence-corrected chi connectivity index (χ0v) is 58.4. The van der Waals surface area contributed by atoms with Crippen molar-refractivity contribution >= 4 is 112 Å². The molecule has 2 fully saturated rings. The molecule has 0 radical (unpaired) electrons. The Bertz CT molecular complexity index is 3090. The molecule has 38 nitrogen and oxygen atoms in total. The van der Waals surface area contributed by atoms with Gasteiger partial charge >= 0.3 is 5.97 Å². The van der Waals surface area contributed by atoms with Crippen LogP contribution in [-0.2, 0) is 73.5 Å². The van der Waals surface area contributed by atoms with Crippen LogP contribution in [0.3, 0.4) is 0 Å². The van der Waals surface area contributed by atoms with Gasteiger partial charge in [-0.05, 0) is 101 Å². The van der Waals surface area contributed by atoms with E-state index in [-0.39, 0.29) is 145 Å². The second-order valence-electron chi connectivity index (χ2n) is 25.0. The van der Waals surface area contributed by atoms with E-state index in [1.165, 1.54) is 4.90 Å². The first kappa shape index (κ1) is 85.1. The summed E-state index contributed by atoms with van der Waals surface area (Å²) >= 11 is 0.847. The van der Waals surface area contributed by atoms with E-state index in [1.807, 2.05) is 0 Å². The first-order valence-corrected chi connectivity index (χ1v) is 34.5. The molecular weight excluding hydrogens is 1340 g/mol. The van der Waals surface area contributed by atoms with Crippen LogP contribution in [0.5, 0.6) is 0 Å². The molecule has 101 heavy (non-hydrogen) atoms.